The summed E-state index contributed by atoms with van der Waals surface area (Å²) in [7, 11) is 1.67. The molecule has 2 aromatic carbocycles. The standard InChI is InChI=1S/C29H34N2O4/c1-34-25-10-7-22(8-11-25)6-5-15-30-18-13-29(33,14-19-30)24-9-12-26-23(20-24)21-27(35-26)28(32)31-16-3-2-4-17-31/h5-12,20-21,33H,2-4,13-19H2,1H3/b6-5+. The van der Waals surface area contributed by atoms with Crippen molar-refractivity contribution < 1.29 is 19.1 Å². The van der Waals surface area contributed by atoms with E-state index in [1.54, 1.807) is 7.11 Å². The molecule has 1 amide bonds. The van der Waals surface area contributed by atoms with Crippen LogP contribution in [0.5, 0.6) is 5.75 Å². The van der Waals surface area contributed by atoms with Crippen LogP contribution in [0.25, 0.3) is 17.0 Å². The molecule has 5 rings (SSSR count). The van der Waals surface area contributed by atoms with Gasteiger partial charge in [0, 0.05) is 38.1 Å². The predicted octanol–water partition coefficient (Wildman–Crippen LogP) is 5.06. The molecule has 2 aliphatic heterocycles. The SMILES string of the molecule is COc1ccc(/C=C/CN2CCC(O)(c3ccc4oc(C(=O)N5CCCCC5)cc4c3)CC2)cc1. The van der Waals surface area contributed by atoms with E-state index in [9.17, 15) is 9.90 Å². The molecular weight excluding hydrogens is 440 g/mol. The number of aliphatic hydroxyl groups is 1. The Hall–Kier alpha value is -3.09. The maximum Gasteiger partial charge on any atom is 0.289 e. The van der Waals surface area contributed by atoms with Crippen LogP contribution in [0.4, 0.5) is 0 Å². The number of nitrogens with zero attached hydrogens (tertiary/aromatic N) is 2. The quantitative estimate of drug-likeness (QED) is 0.541. The molecule has 2 fully saturated rings. The Kier molecular flexibility index (Phi) is 6.93. The zero-order valence-corrected chi connectivity index (χ0v) is 20.4. The van der Waals surface area contributed by atoms with Crippen molar-refractivity contribution in [1.29, 1.82) is 0 Å². The van der Waals surface area contributed by atoms with Crippen molar-refractivity contribution in [3.8, 4) is 5.75 Å². The Bertz CT molecular complexity index is 1180. The number of carbonyl (C=O) groups excluding carboxylic acids is 1. The van der Waals surface area contributed by atoms with Crippen LogP contribution in [0.3, 0.4) is 0 Å². The van der Waals surface area contributed by atoms with Gasteiger partial charge < -0.3 is 19.2 Å². The molecule has 0 saturated carbocycles. The number of ether oxygens (including phenoxy) is 1. The third-order valence-corrected chi connectivity index (χ3v) is 7.38. The van der Waals surface area contributed by atoms with Crippen LogP contribution in [-0.2, 0) is 5.60 Å². The van der Waals surface area contributed by atoms with E-state index in [2.05, 4.69) is 17.1 Å². The summed E-state index contributed by atoms with van der Waals surface area (Å²) < 4.78 is 11.1. The highest BCUT2D eigenvalue weighted by Crippen LogP contribution is 2.35. The summed E-state index contributed by atoms with van der Waals surface area (Å²) in [6.45, 7) is 4.10. The molecule has 6 heteroatoms. The minimum absolute atomic E-state index is 0.0304. The number of furan rings is 1. The highest BCUT2D eigenvalue weighted by Gasteiger charge is 2.34. The summed E-state index contributed by atoms with van der Waals surface area (Å²) in [5, 5.41) is 12.3. The van der Waals surface area contributed by atoms with Gasteiger partial charge in [0.15, 0.2) is 5.76 Å². The Labute approximate surface area is 206 Å². The van der Waals surface area contributed by atoms with E-state index in [0.29, 0.717) is 24.2 Å². The maximum absolute atomic E-state index is 12.8. The number of piperidine rings is 2. The van der Waals surface area contributed by atoms with E-state index < -0.39 is 5.60 Å². The molecule has 35 heavy (non-hydrogen) atoms. The second-order valence-electron chi connectivity index (χ2n) is 9.72. The number of likely N-dealkylation sites (tertiary alicyclic amines) is 2. The van der Waals surface area contributed by atoms with E-state index in [1.165, 1.54) is 6.42 Å². The van der Waals surface area contributed by atoms with Gasteiger partial charge in [0.2, 0.25) is 0 Å². The molecule has 2 aliphatic rings. The van der Waals surface area contributed by atoms with E-state index >= 15 is 0 Å². The molecule has 0 bridgehead atoms. The molecule has 0 spiro atoms. The molecular formula is C29H34N2O4. The second kappa shape index (κ2) is 10.3. The number of carbonyl (C=O) groups is 1. The largest absolute Gasteiger partial charge is 0.497 e. The average Bonchev–Trinajstić information content (AvgIpc) is 3.34. The molecule has 1 N–H and O–H groups in total. The second-order valence-corrected chi connectivity index (χ2v) is 9.72. The highest BCUT2D eigenvalue weighted by molar-refractivity contribution is 5.96. The molecule has 6 nitrogen and oxygen atoms in total. The number of hydrogen-bond acceptors (Lipinski definition) is 5. The van der Waals surface area contributed by atoms with Crippen molar-refractivity contribution in [2.75, 3.05) is 39.8 Å². The van der Waals surface area contributed by atoms with E-state index in [1.807, 2.05) is 53.4 Å². The van der Waals surface area contributed by atoms with Crippen molar-refractivity contribution in [2.45, 2.75) is 37.7 Å². The van der Waals surface area contributed by atoms with Gasteiger partial charge in [-0.05, 0) is 73.6 Å². The van der Waals surface area contributed by atoms with Crippen molar-refractivity contribution in [3.63, 3.8) is 0 Å². The Morgan fingerprint density at radius 1 is 1.03 bits per heavy atom. The van der Waals surface area contributed by atoms with Crippen LogP contribution in [0.15, 0.2) is 59.0 Å². The molecule has 0 aliphatic carbocycles. The van der Waals surface area contributed by atoms with E-state index in [4.69, 9.17) is 9.15 Å². The minimum atomic E-state index is -0.862. The zero-order chi connectivity index (χ0) is 24.3. The minimum Gasteiger partial charge on any atom is -0.497 e. The lowest BCUT2D eigenvalue weighted by Crippen LogP contribution is -2.42. The van der Waals surface area contributed by atoms with Gasteiger partial charge in [-0.25, -0.2) is 0 Å². The van der Waals surface area contributed by atoms with Gasteiger partial charge in [0.1, 0.15) is 11.3 Å². The Morgan fingerprint density at radius 3 is 2.49 bits per heavy atom. The first-order valence-electron chi connectivity index (χ1n) is 12.6. The van der Waals surface area contributed by atoms with Crippen molar-refractivity contribution in [1.82, 2.24) is 9.80 Å². The first kappa shape index (κ1) is 23.6. The monoisotopic (exact) mass is 474 g/mol. The summed E-state index contributed by atoms with van der Waals surface area (Å²) in [5.41, 5.74) is 1.87. The van der Waals surface area contributed by atoms with Crippen LogP contribution in [0.1, 0.15) is 53.8 Å². The number of hydrogen-bond donors (Lipinski definition) is 1. The highest BCUT2D eigenvalue weighted by atomic mass is 16.5. The van der Waals surface area contributed by atoms with Crippen LogP contribution in [-0.4, -0.2) is 60.6 Å². The van der Waals surface area contributed by atoms with Gasteiger partial charge >= 0.3 is 0 Å². The number of benzene rings is 2. The fourth-order valence-electron chi connectivity index (χ4n) is 5.14. The van der Waals surface area contributed by atoms with Gasteiger partial charge in [-0.1, -0.05) is 30.4 Å². The number of amides is 1. The third kappa shape index (κ3) is 5.29. The molecule has 1 aromatic heterocycles. The lowest BCUT2D eigenvalue weighted by Gasteiger charge is -2.38. The number of fused-ring (bicyclic) bond motifs is 1. The van der Waals surface area contributed by atoms with Gasteiger partial charge in [-0.15, -0.1) is 0 Å². The Balaban J connectivity index is 1.20. The Morgan fingerprint density at radius 2 is 1.77 bits per heavy atom. The van der Waals surface area contributed by atoms with Gasteiger partial charge in [-0.3, -0.25) is 9.69 Å². The molecule has 184 valence electrons. The van der Waals surface area contributed by atoms with Gasteiger partial charge in [0.25, 0.3) is 5.91 Å². The lowest BCUT2D eigenvalue weighted by molar-refractivity contribution is -0.0232. The van der Waals surface area contributed by atoms with Crippen LogP contribution < -0.4 is 4.74 Å². The summed E-state index contributed by atoms with van der Waals surface area (Å²) in [6, 6.07) is 15.7. The summed E-state index contributed by atoms with van der Waals surface area (Å²) in [6.07, 6.45) is 8.93. The topological polar surface area (TPSA) is 66.2 Å². The summed E-state index contributed by atoms with van der Waals surface area (Å²) in [4.78, 5) is 17.1. The fraction of sp³-hybridized carbons (Fsp3) is 0.414. The lowest BCUT2D eigenvalue weighted by atomic mass is 9.84. The smallest absolute Gasteiger partial charge is 0.289 e. The molecule has 2 saturated heterocycles. The summed E-state index contributed by atoms with van der Waals surface area (Å²) >= 11 is 0. The number of rotatable bonds is 6. The van der Waals surface area contributed by atoms with Crippen molar-refractivity contribution >= 4 is 23.0 Å². The first-order chi connectivity index (χ1) is 17.0. The van der Waals surface area contributed by atoms with E-state index in [0.717, 1.165) is 67.8 Å². The molecule has 3 aromatic rings. The van der Waals surface area contributed by atoms with Gasteiger partial charge in [-0.2, -0.15) is 0 Å². The van der Waals surface area contributed by atoms with Crippen molar-refractivity contribution in [2.24, 2.45) is 0 Å². The molecule has 3 heterocycles. The number of methoxy groups -OCH3 is 1. The summed E-state index contributed by atoms with van der Waals surface area (Å²) in [5.74, 6) is 1.22. The van der Waals surface area contributed by atoms with E-state index in [-0.39, 0.29) is 5.91 Å². The molecule has 0 radical (unpaired) electrons. The fourth-order valence-corrected chi connectivity index (χ4v) is 5.14. The molecule has 0 unspecified atom stereocenters. The first-order valence-corrected chi connectivity index (χ1v) is 12.6. The average molecular weight is 475 g/mol. The normalized spacial score (nSPS) is 18.9. The van der Waals surface area contributed by atoms with Crippen LogP contribution in [0, 0.1) is 0 Å². The predicted molar refractivity (Wildman–Crippen MR) is 138 cm³/mol. The van der Waals surface area contributed by atoms with Crippen LogP contribution in [0.2, 0.25) is 0 Å². The maximum atomic E-state index is 12.8. The zero-order valence-electron chi connectivity index (χ0n) is 20.4. The van der Waals surface area contributed by atoms with Crippen LogP contribution >= 0.6 is 0 Å². The van der Waals surface area contributed by atoms with Crippen molar-refractivity contribution in [3.05, 3.63) is 71.5 Å². The van der Waals surface area contributed by atoms with Gasteiger partial charge in [0.05, 0.1) is 12.7 Å². The third-order valence-electron chi connectivity index (χ3n) is 7.38. The molecule has 0 atom stereocenters.